The van der Waals surface area contributed by atoms with E-state index in [1.54, 1.807) is 0 Å². The first kappa shape index (κ1) is 21.6. The standard InChI is InChI=1S/C30H25N3OS/c1-30(2,3)22-16-12-20(13-17-22)28-31-29(35-32-28)21-14-18-23(19-15-21)33-24-8-4-6-10-26(24)34-27-11-7-5-9-25(27)33/h4-19H,1-3H3. The molecule has 2 heterocycles. The van der Waals surface area contributed by atoms with Crippen molar-refractivity contribution in [3.63, 3.8) is 0 Å². The molecule has 4 nitrogen and oxygen atoms in total. The van der Waals surface area contributed by atoms with Crippen LogP contribution in [0.1, 0.15) is 26.3 Å². The molecule has 5 heteroatoms. The number of para-hydroxylation sites is 4. The molecule has 0 amide bonds. The second kappa shape index (κ2) is 8.36. The Morgan fingerprint density at radius 1 is 0.686 bits per heavy atom. The third-order valence-corrected chi connectivity index (χ3v) is 7.00. The molecule has 0 unspecified atom stereocenters. The van der Waals surface area contributed by atoms with Crippen molar-refractivity contribution in [3.05, 3.63) is 103 Å². The highest BCUT2D eigenvalue weighted by Crippen LogP contribution is 2.50. The van der Waals surface area contributed by atoms with Crippen LogP contribution in [-0.2, 0) is 5.41 Å². The molecule has 172 valence electrons. The van der Waals surface area contributed by atoms with Gasteiger partial charge >= 0.3 is 0 Å². The maximum absolute atomic E-state index is 6.13. The normalized spacial score (nSPS) is 12.6. The summed E-state index contributed by atoms with van der Waals surface area (Å²) in [6.07, 6.45) is 0. The fraction of sp³-hybridized carbons (Fsp3) is 0.133. The van der Waals surface area contributed by atoms with Crippen molar-refractivity contribution in [2.45, 2.75) is 26.2 Å². The van der Waals surface area contributed by atoms with Crippen molar-refractivity contribution in [2.24, 2.45) is 0 Å². The Kier molecular flexibility index (Phi) is 5.15. The van der Waals surface area contributed by atoms with Gasteiger partial charge in [-0.25, -0.2) is 4.98 Å². The summed E-state index contributed by atoms with van der Waals surface area (Å²) < 4.78 is 10.8. The van der Waals surface area contributed by atoms with Crippen molar-refractivity contribution in [2.75, 3.05) is 4.90 Å². The molecule has 4 aromatic carbocycles. The molecule has 1 aliphatic rings. The highest BCUT2D eigenvalue weighted by Gasteiger charge is 2.25. The fourth-order valence-electron chi connectivity index (χ4n) is 4.31. The van der Waals surface area contributed by atoms with Gasteiger partial charge in [-0.15, -0.1) is 0 Å². The first-order valence-electron chi connectivity index (χ1n) is 11.7. The van der Waals surface area contributed by atoms with Gasteiger partial charge in [0, 0.05) is 16.8 Å². The largest absolute Gasteiger partial charge is 0.453 e. The highest BCUT2D eigenvalue weighted by molar-refractivity contribution is 7.09. The zero-order valence-corrected chi connectivity index (χ0v) is 20.7. The first-order valence-corrected chi connectivity index (χ1v) is 12.5. The number of anilines is 3. The van der Waals surface area contributed by atoms with Crippen molar-refractivity contribution >= 4 is 28.6 Å². The average Bonchev–Trinajstić information content (AvgIpc) is 3.37. The smallest absolute Gasteiger partial charge is 0.173 e. The molecule has 5 aromatic rings. The summed E-state index contributed by atoms with van der Waals surface area (Å²) >= 11 is 1.43. The molecule has 35 heavy (non-hydrogen) atoms. The van der Waals surface area contributed by atoms with Crippen LogP contribution in [0, 0.1) is 0 Å². The number of fused-ring (bicyclic) bond motifs is 2. The molecule has 0 radical (unpaired) electrons. The van der Waals surface area contributed by atoms with Gasteiger partial charge in [0.1, 0.15) is 5.01 Å². The average molecular weight is 476 g/mol. The van der Waals surface area contributed by atoms with Crippen LogP contribution in [0.4, 0.5) is 17.1 Å². The van der Waals surface area contributed by atoms with E-state index in [0.29, 0.717) is 0 Å². The third-order valence-electron chi connectivity index (χ3n) is 6.24. The molecule has 0 aliphatic carbocycles. The SMILES string of the molecule is CC(C)(C)c1ccc(-c2nsc(-c3ccc(N4c5ccccc5Oc5ccccc54)cc3)n2)cc1. The zero-order valence-electron chi connectivity index (χ0n) is 19.9. The number of rotatable bonds is 3. The molecule has 0 bridgehead atoms. The summed E-state index contributed by atoms with van der Waals surface area (Å²) in [5, 5.41) is 0.911. The minimum absolute atomic E-state index is 0.127. The molecule has 0 saturated carbocycles. The van der Waals surface area contributed by atoms with E-state index in [1.807, 2.05) is 36.4 Å². The van der Waals surface area contributed by atoms with E-state index in [2.05, 4.69) is 90.7 Å². The second-order valence-corrected chi connectivity index (χ2v) is 10.4. The molecule has 0 spiro atoms. The summed E-state index contributed by atoms with van der Waals surface area (Å²) in [6.45, 7) is 6.66. The summed E-state index contributed by atoms with van der Waals surface area (Å²) in [5.74, 6) is 2.47. The van der Waals surface area contributed by atoms with E-state index >= 15 is 0 Å². The van der Waals surface area contributed by atoms with Crippen LogP contribution in [0.2, 0.25) is 0 Å². The molecule has 0 atom stereocenters. The predicted molar refractivity (Wildman–Crippen MR) is 144 cm³/mol. The Morgan fingerprint density at radius 3 is 1.86 bits per heavy atom. The van der Waals surface area contributed by atoms with Gasteiger partial charge in [0.25, 0.3) is 0 Å². The van der Waals surface area contributed by atoms with E-state index in [0.717, 1.165) is 50.5 Å². The fourth-order valence-corrected chi connectivity index (χ4v) is 5.00. The molecule has 0 fully saturated rings. The van der Waals surface area contributed by atoms with E-state index in [1.165, 1.54) is 17.1 Å². The highest BCUT2D eigenvalue weighted by atomic mass is 32.1. The Balaban J connectivity index is 1.31. The van der Waals surface area contributed by atoms with Gasteiger partial charge in [0.05, 0.1) is 11.4 Å². The summed E-state index contributed by atoms with van der Waals surface area (Å²) in [6, 6.07) is 33.3. The molecule has 1 aromatic heterocycles. The van der Waals surface area contributed by atoms with Crippen LogP contribution in [-0.4, -0.2) is 9.36 Å². The third kappa shape index (κ3) is 3.98. The number of ether oxygens (including phenoxy) is 1. The van der Waals surface area contributed by atoms with Crippen LogP contribution in [0.3, 0.4) is 0 Å². The van der Waals surface area contributed by atoms with Crippen LogP contribution in [0.15, 0.2) is 97.1 Å². The van der Waals surface area contributed by atoms with Gasteiger partial charge < -0.3 is 9.64 Å². The molecule has 6 rings (SSSR count). The maximum Gasteiger partial charge on any atom is 0.173 e. The number of aromatic nitrogens is 2. The monoisotopic (exact) mass is 475 g/mol. The summed E-state index contributed by atoms with van der Waals surface area (Å²) in [5.41, 5.74) is 6.64. The van der Waals surface area contributed by atoms with E-state index in [-0.39, 0.29) is 5.41 Å². The molecule has 0 saturated heterocycles. The number of hydrogen-bond acceptors (Lipinski definition) is 5. The van der Waals surface area contributed by atoms with Gasteiger partial charge in [0.2, 0.25) is 0 Å². The predicted octanol–water partition coefficient (Wildman–Crippen LogP) is 8.75. The molecular formula is C30H25N3OS. The first-order chi connectivity index (χ1) is 17.0. The van der Waals surface area contributed by atoms with Crippen LogP contribution in [0.25, 0.3) is 22.0 Å². The minimum Gasteiger partial charge on any atom is -0.453 e. The maximum atomic E-state index is 6.13. The van der Waals surface area contributed by atoms with Gasteiger partial charge in [0.15, 0.2) is 17.3 Å². The van der Waals surface area contributed by atoms with Gasteiger partial charge in [-0.05, 0) is 71.0 Å². The lowest BCUT2D eigenvalue weighted by atomic mass is 9.87. The van der Waals surface area contributed by atoms with Crippen molar-refractivity contribution in [1.82, 2.24) is 9.36 Å². The summed E-state index contributed by atoms with van der Waals surface area (Å²) in [4.78, 5) is 7.07. The quantitative estimate of drug-likeness (QED) is 0.256. The van der Waals surface area contributed by atoms with E-state index in [4.69, 9.17) is 9.72 Å². The van der Waals surface area contributed by atoms with Crippen LogP contribution in [0.5, 0.6) is 11.5 Å². The number of benzene rings is 4. The van der Waals surface area contributed by atoms with E-state index in [9.17, 15) is 0 Å². The lowest BCUT2D eigenvalue weighted by Crippen LogP contribution is -2.15. The summed E-state index contributed by atoms with van der Waals surface area (Å²) in [7, 11) is 0. The van der Waals surface area contributed by atoms with Gasteiger partial charge in [-0.3, -0.25) is 0 Å². The van der Waals surface area contributed by atoms with Gasteiger partial charge in [-0.2, -0.15) is 4.37 Å². The number of nitrogens with zero attached hydrogens (tertiary/aromatic N) is 3. The van der Waals surface area contributed by atoms with Crippen LogP contribution < -0.4 is 9.64 Å². The van der Waals surface area contributed by atoms with Crippen molar-refractivity contribution < 1.29 is 4.74 Å². The molecular weight excluding hydrogens is 450 g/mol. The van der Waals surface area contributed by atoms with Crippen molar-refractivity contribution in [3.8, 4) is 33.5 Å². The Labute approximate surface area is 209 Å². The van der Waals surface area contributed by atoms with E-state index < -0.39 is 0 Å². The second-order valence-electron chi connectivity index (χ2n) is 9.67. The minimum atomic E-state index is 0.127. The van der Waals surface area contributed by atoms with Crippen molar-refractivity contribution in [1.29, 1.82) is 0 Å². The Hall–Kier alpha value is -3.96. The van der Waals surface area contributed by atoms with Gasteiger partial charge in [-0.1, -0.05) is 69.3 Å². The van der Waals surface area contributed by atoms with Crippen LogP contribution >= 0.6 is 11.5 Å². The Bertz CT molecular complexity index is 1450. The molecule has 1 aliphatic heterocycles. The topological polar surface area (TPSA) is 38.2 Å². The lowest BCUT2D eigenvalue weighted by Gasteiger charge is -2.32. The lowest BCUT2D eigenvalue weighted by molar-refractivity contribution is 0.477. The Morgan fingerprint density at radius 2 is 1.26 bits per heavy atom. The molecule has 0 N–H and O–H groups in total. The number of hydrogen-bond donors (Lipinski definition) is 0. The zero-order chi connectivity index (χ0) is 24.0.